The van der Waals surface area contributed by atoms with Crippen LogP contribution in [0.5, 0.6) is 0 Å². The molecule has 0 aliphatic rings. The van der Waals surface area contributed by atoms with Crippen LogP contribution >= 0.6 is 15.9 Å². The SMILES string of the molecule is BrC=CCc1cnoc1. The van der Waals surface area contributed by atoms with Crippen molar-refractivity contribution in [2.24, 2.45) is 0 Å². The third-order valence-corrected chi connectivity index (χ3v) is 1.30. The third-order valence-electron chi connectivity index (χ3n) is 0.926. The number of nitrogens with zero attached hydrogens (tertiary/aromatic N) is 1. The maximum absolute atomic E-state index is 4.61. The summed E-state index contributed by atoms with van der Waals surface area (Å²) in [5.74, 6) is 0. The molecule has 0 radical (unpaired) electrons. The molecule has 0 unspecified atom stereocenters. The van der Waals surface area contributed by atoms with Gasteiger partial charge in [-0.3, -0.25) is 0 Å². The molecule has 0 amide bonds. The van der Waals surface area contributed by atoms with Crippen molar-refractivity contribution >= 4 is 15.9 Å². The van der Waals surface area contributed by atoms with Gasteiger partial charge >= 0.3 is 0 Å². The number of rotatable bonds is 2. The van der Waals surface area contributed by atoms with Gasteiger partial charge < -0.3 is 4.52 Å². The monoisotopic (exact) mass is 187 g/mol. The second kappa shape index (κ2) is 3.45. The van der Waals surface area contributed by atoms with E-state index in [0.29, 0.717) is 0 Å². The van der Waals surface area contributed by atoms with Gasteiger partial charge in [-0.05, 0) is 11.4 Å². The van der Waals surface area contributed by atoms with Crippen molar-refractivity contribution in [3.63, 3.8) is 0 Å². The predicted molar refractivity (Wildman–Crippen MR) is 38.3 cm³/mol. The van der Waals surface area contributed by atoms with E-state index in [0.717, 1.165) is 12.0 Å². The summed E-state index contributed by atoms with van der Waals surface area (Å²) in [5.41, 5.74) is 1.09. The Balaban J connectivity index is 2.48. The first kappa shape index (κ1) is 6.55. The van der Waals surface area contributed by atoms with Crippen LogP contribution in [0.1, 0.15) is 5.56 Å². The van der Waals surface area contributed by atoms with Gasteiger partial charge in [0.15, 0.2) is 0 Å². The minimum absolute atomic E-state index is 0.870. The van der Waals surface area contributed by atoms with E-state index in [1.807, 2.05) is 11.1 Å². The van der Waals surface area contributed by atoms with Gasteiger partial charge in [0.25, 0.3) is 0 Å². The molecule has 0 spiro atoms. The molecule has 1 aromatic rings. The minimum Gasteiger partial charge on any atom is -0.364 e. The summed E-state index contributed by atoms with van der Waals surface area (Å²) >= 11 is 3.16. The Morgan fingerprint density at radius 3 is 3.22 bits per heavy atom. The third kappa shape index (κ3) is 2.01. The van der Waals surface area contributed by atoms with Gasteiger partial charge in [-0.2, -0.15) is 0 Å². The Morgan fingerprint density at radius 2 is 2.67 bits per heavy atom. The Labute approximate surface area is 61.7 Å². The lowest BCUT2D eigenvalue weighted by Crippen LogP contribution is -1.71. The first-order chi connectivity index (χ1) is 4.43. The molecule has 0 aliphatic heterocycles. The Kier molecular flexibility index (Phi) is 2.51. The zero-order valence-electron chi connectivity index (χ0n) is 4.75. The van der Waals surface area contributed by atoms with Crippen molar-refractivity contribution in [1.82, 2.24) is 5.16 Å². The van der Waals surface area contributed by atoms with E-state index in [-0.39, 0.29) is 0 Å². The van der Waals surface area contributed by atoms with Crippen LogP contribution in [0.3, 0.4) is 0 Å². The summed E-state index contributed by atoms with van der Waals surface area (Å²) in [6, 6.07) is 0. The largest absolute Gasteiger partial charge is 0.364 e. The van der Waals surface area contributed by atoms with Crippen molar-refractivity contribution in [3.05, 3.63) is 29.1 Å². The highest BCUT2D eigenvalue weighted by molar-refractivity contribution is 9.11. The summed E-state index contributed by atoms with van der Waals surface area (Å²) in [6.07, 6.45) is 6.18. The Morgan fingerprint density at radius 1 is 1.78 bits per heavy atom. The molecule has 0 aliphatic carbocycles. The summed E-state index contributed by atoms with van der Waals surface area (Å²) < 4.78 is 4.61. The highest BCUT2D eigenvalue weighted by Crippen LogP contribution is 1.98. The smallest absolute Gasteiger partial charge is 0.127 e. The summed E-state index contributed by atoms with van der Waals surface area (Å²) in [5, 5.41) is 3.55. The molecule has 9 heavy (non-hydrogen) atoms. The van der Waals surface area contributed by atoms with Crippen LogP contribution in [0.25, 0.3) is 0 Å². The van der Waals surface area contributed by atoms with E-state index in [2.05, 4.69) is 25.6 Å². The molecule has 0 fully saturated rings. The van der Waals surface area contributed by atoms with Crippen molar-refractivity contribution < 1.29 is 4.52 Å². The van der Waals surface area contributed by atoms with Crippen LogP contribution in [0.4, 0.5) is 0 Å². The number of allylic oxidation sites excluding steroid dienone is 1. The van der Waals surface area contributed by atoms with E-state index >= 15 is 0 Å². The van der Waals surface area contributed by atoms with E-state index in [4.69, 9.17) is 0 Å². The van der Waals surface area contributed by atoms with Gasteiger partial charge in [-0.25, -0.2) is 0 Å². The standard InChI is InChI=1S/C6H6BrNO/c7-3-1-2-6-4-8-9-5-6/h1,3-5H,2H2. The zero-order chi connectivity index (χ0) is 6.53. The van der Waals surface area contributed by atoms with Crippen LogP contribution in [0.15, 0.2) is 28.0 Å². The predicted octanol–water partition coefficient (Wildman–Crippen LogP) is 2.13. The van der Waals surface area contributed by atoms with Gasteiger partial charge in [0.2, 0.25) is 0 Å². The fraction of sp³-hybridized carbons (Fsp3) is 0.167. The average molecular weight is 188 g/mol. The second-order valence-electron chi connectivity index (χ2n) is 1.60. The maximum Gasteiger partial charge on any atom is 0.127 e. The van der Waals surface area contributed by atoms with E-state index in [1.54, 1.807) is 12.5 Å². The Bertz CT molecular complexity index is 181. The zero-order valence-corrected chi connectivity index (χ0v) is 6.34. The number of hydrogen-bond donors (Lipinski definition) is 0. The van der Waals surface area contributed by atoms with Crippen LogP contribution in [0, 0.1) is 0 Å². The quantitative estimate of drug-likeness (QED) is 0.710. The molecule has 0 atom stereocenters. The lowest BCUT2D eigenvalue weighted by atomic mass is 10.3. The second-order valence-corrected chi connectivity index (χ2v) is 2.13. The molecule has 48 valence electrons. The normalized spacial score (nSPS) is 10.8. The molecule has 3 heteroatoms. The van der Waals surface area contributed by atoms with E-state index in [9.17, 15) is 0 Å². The summed E-state index contributed by atoms with van der Waals surface area (Å²) in [4.78, 5) is 1.82. The number of halogens is 1. The molecule has 1 rings (SSSR count). The van der Waals surface area contributed by atoms with Crippen LogP contribution in [-0.2, 0) is 6.42 Å². The van der Waals surface area contributed by atoms with Crippen LogP contribution in [0.2, 0.25) is 0 Å². The van der Waals surface area contributed by atoms with E-state index < -0.39 is 0 Å². The van der Waals surface area contributed by atoms with Crippen LogP contribution in [-0.4, -0.2) is 5.16 Å². The highest BCUT2D eigenvalue weighted by atomic mass is 79.9. The van der Waals surface area contributed by atoms with Crippen molar-refractivity contribution in [2.75, 3.05) is 0 Å². The number of hydrogen-bond acceptors (Lipinski definition) is 2. The molecular weight excluding hydrogens is 182 g/mol. The average Bonchev–Trinajstić information content (AvgIpc) is 2.34. The molecule has 1 aromatic heterocycles. The molecule has 0 aromatic carbocycles. The minimum atomic E-state index is 0.870. The van der Waals surface area contributed by atoms with Gasteiger partial charge in [-0.1, -0.05) is 27.2 Å². The molecule has 0 N–H and O–H groups in total. The lowest BCUT2D eigenvalue weighted by molar-refractivity contribution is 0.419. The molecule has 0 bridgehead atoms. The molecule has 0 saturated carbocycles. The topological polar surface area (TPSA) is 26.0 Å². The highest BCUT2D eigenvalue weighted by Gasteiger charge is 1.88. The molecule has 2 nitrogen and oxygen atoms in total. The molecular formula is C6H6BrNO. The summed E-state index contributed by atoms with van der Waals surface area (Å²) in [6.45, 7) is 0. The first-order valence-corrected chi connectivity index (χ1v) is 3.48. The van der Waals surface area contributed by atoms with E-state index in [1.165, 1.54) is 0 Å². The molecule has 0 saturated heterocycles. The van der Waals surface area contributed by atoms with Gasteiger partial charge in [-0.15, -0.1) is 0 Å². The van der Waals surface area contributed by atoms with Crippen molar-refractivity contribution in [1.29, 1.82) is 0 Å². The molecule has 1 heterocycles. The number of aromatic nitrogens is 1. The van der Waals surface area contributed by atoms with Crippen molar-refractivity contribution in [2.45, 2.75) is 6.42 Å². The summed E-state index contributed by atoms with van der Waals surface area (Å²) in [7, 11) is 0. The maximum atomic E-state index is 4.61. The van der Waals surface area contributed by atoms with Gasteiger partial charge in [0.1, 0.15) is 6.26 Å². The van der Waals surface area contributed by atoms with Crippen LogP contribution < -0.4 is 0 Å². The fourth-order valence-corrected chi connectivity index (χ4v) is 0.695. The van der Waals surface area contributed by atoms with Gasteiger partial charge in [0, 0.05) is 5.56 Å². The van der Waals surface area contributed by atoms with Crippen molar-refractivity contribution in [3.8, 4) is 0 Å². The Hall–Kier alpha value is -0.570. The van der Waals surface area contributed by atoms with Gasteiger partial charge in [0.05, 0.1) is 6.20 Å². The lowest BCUT2D eigenvalue weighted by Gasteiger charge is -1.79. The fourth-order valence-electron chi connectivity index (χ4n) is 0.508. The first-order valence-electron chi connectivity index (χ1n) is 2.57.